The summed E-state index contributed by atoms with van der Waals surface area (Å²) in [6.45, 7) is 0. The maximum atomic E-state index is 13.4. The molecule has 0 N–H and O–H groups in total. The summed E-state index contributed by atoms with van der Waals surface area (Å²) in [6, 6.07) is 3.69. The fourth-order valence-corrected chi connectivity index (χ4v) is 2.05. The van der Waals surface area contributed by atoms with E-state index in [9.17, 15) is 14.5 Å². The molecule has 0 saturated carbocycles. The molecule has 2 aromatic rings. The smallest absolute Gasteiger partial charge is 0.304 e. The number of halogens is 1. The summed E-state index contributed by atoms with van der Waals surface area (Å²) >= 11 is 1.17. The number of nitro groups is 1. The van der Waals surface area contributed by atoms with E-state index in [4.69, 9.17) is 4.74 Å². The van der Waals surface area contributed by atoms with Crippen LogP contribution in [0.5, 0.6) is 5.88 Å². The number of aromatic nitrogens is 1. The van der Waals surface area contributed by atoms with Gasteiger partial charge in [0.1, 0.15) is 0 Å². The number of nitro benzene ring substituents is 1. The summed E-state index contributed by atoms with van der Waals surface area (Å²) in [5.74, 6) is -0.496. The van der Waals surface area contributed by atoms with Crippen molar-refractivity contribution >= 4 is 17.2 Å². The first-order valence-corrected chi connectivity index (χ1v) is 5.40. The van der Waals surface area contributed by atoms with E-state index in [-0.39, 0.29) is 0 Å². The number of hydrogen-bond acceptors (Lipinski definition) is 5. The summed E-state index contributed by atoms with van der Waals surface area (Å²) < 4.78 is 22.4. The lowest BCUT2D eigenvalue weighted by atomic mass is 10.1. The SMILES string of the molecule is COc1nscc1-c1ccc([N+](=O)[O-])c(F)c1. The summed E-state index contributed by atoms with van der Waals surface area (Å²) in [6.07, 6.45) is 0. The topological polar surface area (TPSA) is 65.3 Å². The molecule has 17 heavy (non-hydrogen) atoms. The number of nitrogens with zero attached hydrogens (tertiary/aromatic N) is 2. The van der Waals surface area contributed by atoms with E-state index in [0.29, 0.717) is 17.0 Å². The fraction of sp³-hybridized carbons (Fsp3) is 0.100. The molecular formula is C10H7FN2O3S. The van der Waals surface area contributed by atoms with Gasteiger partial charge in [0.15, 0.2) is 0 Å². The third-order valence-corrected chi connectivity index (χ3v) is 2.80. The van der Waals surface area contributed by atoms with Gasteiger partial charge in [0.2, 0.25) is 11.7 Å². The Balaban J connectivity index is 2.48. The number of benzene rings is 1. The first kappa shape index (κ1) is 11.5. The van der Waals surface area contributed by atoms with Gasteiger partial charge < -0.3 is 4.74 Å². The highest BCUT2D eigenvalue weighted by molar-refractivity contribution is 7.04. The van der Waals surface area contributed by atoms with E-state index in [1.165, 1.54) is 24.7 Å². The Hall–Kier alpha value is -2.02. The van der Waals surface area contributed by atoms with Crippen molar-refractivity contribution in [3.8, 4) is 17.0 Å². The van der Waals surface area contributed by atoms with Gasteiger partial charge in [-0.1, -0.05) is 0 Å². The van der Waals surface area contributed by atoms with Gasteiger partial charge in [-0.15, -0.1) is 0 Å². The number of methoxy groups -OCH3 is 1. The molecule has 5 nitrogen and oxygen atoms in total. The van der Waals surface area contributed by atoms with Crippen LogP contribution < -0.4 is 4.74 Å². The third kappa shape index (κ3) is 2.09. The summed E-state index contributed by atoms with van der Waals surface area (Å²) in [7, 11) is 1.46. The summed E-state index contributed by atoms with van der Waals surface area (Å²) in [5, 5.41) is 12.2. The van der Waals surface area contributed by atoms with Gasteiger partial charge >= 0.3 is 5.69 Å². The van der Waals surface area contributed by atoms with Crippen molar-refractivity contribution in [2.24, 2.45) is 0 Å². The Morgan fingerprint density at radius 2 is 2.29 bits per heavy atom. The lowest BCUT2D eigenvalue weighted by Crippen LogP contribution is -1.93. The molecule has 0 fully saturated rings. The molecular weight excluding hydrogens is 247 g/mol. The van der Waals surface area contributed by atoms with Gasteiger partial charge in [0.25, 0.3) is 0 Å². The van der Waals surface area contributed by atoms with Crippen LogP contribution in [-0.4, -0.2) is 16.4 Å². The van der Waals surface area contributed by atoms with Gasteiger partial charge in [-0.05, 0) is 29.2 Å². The van der Waals surface area contributed by atoms with Gasteiger partial charge in [-0.2, -0.15) is 8.76 Å². The molecule has 0 spiro atoms. The van der Waals surface area contributed by atoms with Crippen molar-refractivity contribution in [3.05, 3.63) is 39.5 Å². The van der Waals surface area contributed by atoms with Crippen LogP contribution in [0.4, 0.5) is 10.1 Å². The molecule has 0 aliphatic rings. The molecule has 2 rings (SSSR count). The minimum Gasteiger partial charge on any atom is -0.480 e. The van der Waals surface area contributed by atoms with Gasteiger partial charge in [0, 0.05) is 11.4 Å². The van der Waals surface area contributed by atoms with E-state index in [2.05, 4.69) is 4.37 Å². The Bertz CT molecular complexity index is 570. The summed E-state index contributed by atoms with van der Waals surface area (Å²) in [4.78, 5) is 9.71. The molecule has 0 atom stereocenters. The highest BCUT2D eigenvalue weighted by Crippen LogP contribution is 2.32. The van der Waals surface area contributed by atoms with Crippen LogP contribution in [0.2, 0.25) is 0 Å². The van der Waals surface area contributed by atoms with Gasteiger partial charge in [0.05, 0.1) is 17.6 Å². The number of rotatable bonds is 3. The minimum atomic E-state index is -0.874. The Labute approximate surface area is 99.8 Å². The first-order valence-electron chi connectivity index (χ1n) is 4.56. The summed E-state index contributed by atoms with van der Waals surface area (Å²) in [5.41, 5.74) is 0.570. The van der Waals surface area contributed by atoms with E-state index in [1.807, 2.05) is 0 Å². The largest absolute Gasteiger partial charge is 0.480 e. The lowest BCUT2D eigenvalue weighted by Gasteiger charge is -2.01. The number of ether oxygens (including phenoxy) is 1. The molecule has 0 aliphatic heterocycles. The highest BCUT2D eigenvalue weighted by atomic mass is 32.1. The van der Waals surface area contributed by atoms with Crippen LogP contribution in [0.25, 0.3) is 11.1 Å². The molecule has 1 aromatic heterocycles. The van der Waals surface area contributed by atoms with Crippen molar-refractivity contribution in [2.45, 2.75) is 0 Å². The average molecular weight is 254 g/mol. The van der Waals surface area contributed by atoms with E-state index in [1.54, 1.807) is 5.38 Å². The second kappa shape index (κ2) is 4.46. The zero-order valence-electron chi connectivity index (χ0n) is 8.71. The van der Waals surface area contributed by atoms with Crippen molar-refractivity contribution in [1.82, 2.24) is 4.37 Å². The van der Waals surface area contributed by atoms with E-state index < -0.39 is 16.4 Å². The maximum Gasteiger partial charge on any atom is 0.304 e. The molecule has 0 unspecified atom stereocenters. The zero-order valence-corrected chi connectivity index (χ0v) is 9.53. The highest BCUT2D eigenvalue weighted by Gasteiger charge is 2.16. The molecule has 1 aromatic carbocycles. The normalized spacial score (nSPS) is 10.2. The Morgan fingerprint density at radius 3 is 2.88 bits per heavy atom. The molecule has 0 radical (unpaired) electrons. The minimum absolute atomic E-state index is 0.378. The van der Waals surface area contributed by atoms with Crippen molar-refractivity contribution < 1.29 is 14.1 Å². The predicted octanol–water partition coefficient (Wildman–Crippen LogP) is 2.87. The predicted molar refractivity (Wildman–Crippen MR) is 60.7 cm³/mol. The van der Waals surface area contributed by atoms with Crippen LogP contribution in [0.15, 0.2) is 23.6 Å². The number of hydrogen-bond donors (Lipinski definition) is 0. The maximum absolute atomic E-state index is 13.4. The Morgan fingerprint density at radius 1 is 1.53 bits per heavy atom. The van der Waals surface area contributed by atoms with Crippen LogP contribution in [0, 0.1) is 15.9 Å². The first-order chi connectivity index (χ1) is 8.13. The molecule has 0 bridgehead atoms. The monoisotopic (exact) mass is 254 g/mol. The lowest BCUT2D eigenvalue weighted by molar-refractivity contribution is -0.387. The second-order valence-electron chi connectivity index (χ2n) is 3.16. The second-order valence-corrected chi connectivity index (χ2v) is 3.79. The van der Waals surface area contributed by atoms with Gasteiger partial charge in [-0.25, -0.2) is 0 Å². The Kier molecular flexibility index (Phi) is 3.01. The molecule has 0 amide bonds. The van der Waals surface area contributed by atoms with Crippen LogP contribution in [0.1, 0.15) is 0 Å². The van der Waals surface area contributed by atoms with E-state index in [0.717, 1.165) is 12.1 Å². The molecule has 88 valence electrons. The molecule has 1 heterocycles. The van der Waals surface area contributed by atoms with Crippen molar-refractivity contribution in [2.75, 3.05) is 7.11 Å². The fourth-order valence-electron chi connectivity index (χ4n) is 1.39. The van der Waals surface area contributed by atoms with Crippen LogP contribution in [0.3, 0.4) is 0 Å². The standard InChI is InChI=1S/C10H7FN2O3S/c1-16-10-7(5-17-12-10)6-2-3-9(13(14)15)8(11)4-6/h2-5H,1H3. The van der Waals surface area contributed by atoms with E-state index >= 15 is 0 Å². The zero-order chi connectivity index (χ0) is 12.4. The van der Waals surface area contributed by atoms with Gasteiger partial charge in [-0.3, -0.25) is 10.1 Å². The van der Waals surface area contributed by atoms with Crippen molar-refractivity contribution in [3.63, 3.8) is 0 Å². The molecule has 0 aliphatic carbocycles. The average Bonchev–Trinajstić information content (AvgIpc) is 2.76. The van der Waals surface area contributed by atoms with Crippen molar-refractivity contribution in [1.29, 1.82) is 0 Å². The quantitative estimate of drug-likeness (QED) is 0.624. The molecule has 0 saturated heterocycles. The van der Waals surface area contributed by atoms with Crippen LogP contribution in [-0.2, 0) is 0 Å². The molecule has 7 heteroatoms. The third-order valence-electron chi connectivity index (χ3n) is 2.19. The van der Waals surface area contributed by atoms with Crippen LogP contribution >= 0.6 is 11.5 Å².